The summed E-state index contributed by atoms with van der Waals surface area (Å²) in [5.74, 6) is 1.67. The second kappa shape index (κ2) is 10.4. The second-order valence-electron chi connectivity index (χ2n) is 8.52. The van der Waals surface area contributed by atoms with Crippen LogP contribution in [0.5, 0.6) is 5.75 Å². The lowest BCUT2D eigenvalue weighted by molar-refractivity contribution is 0.0461. The highest BCUT2D eigenvalue weighted by atomic mass is 35.5. The van der Waals surface area contributed by atoms with E-state index in [0.29, 0.717) is 34.2 Å². The SMILES string of the molecule is CC1CCC(C(C)C)C(Oc2ccc(NC(=O)NC(=O)c3ccccc3Cl)cc2Cl)C1. The van der Waals surface area contributed by atoms with Crippen LogP contribution in [0, 0.1) is 17.8 Å². The molecule has 1 aliphatic rings. The molecule has 5 nitrogen and oxygen atoms in total. The fraction of sp³-hybridized carbons (Fsp3) is 0.417. The number of rotatable bonds is 5. The zero-order chi connectivity index (χ0) is 22.5. The molecule has 3 atom stereocenters. The van der Waals surface area contributed by atoms with E-state index in [4.69, 9.17) is 27.9 Å². The van der Waals surface area contributed by atoms with E-state index < -0.39 is 11.9 Å². The summed E-state index contributed by atoms with van der Waals surface area (Å²) in [4.78, 5) is 24.4. The van der Waals surface area contributed by atoms with Crippen molar-refractivity contribution in [1.82, 2.24) is 5.32 Å². The maximum atomic E-state index is 12.2. The van der Waals surface area contributed by atoms with Gasteiger partial charge in [-0.05, 0) is 60.9 Å². The van der Waals surface area contributed by atoms with E-state index in [0.717, 1.165) is 12.8 Å². The predicted molar refractivity (Wildman–Crippen MR) is 125 cm³/mol. The molecule has 0 aliphatic heterocycles. The molecule has 7 heteroatoms. The number of imide groups is 1. The zero-order valence-corrected chi connectivity index (χ0v) is 19.5. The summed E-state index contributed by atoms with van der Waals surface area (Å²) in [6.07, 6.45) is 3.50. The molecule has 3 rings (SSSR count). The van der Waals surface area contributed by atoms with Gasteiger partial charge in [-0.1, -0.05) is 62.5 Å². The Bertz CT molecular complexity index is 948. The van der Waals surface area contributed by atoms with Crippen molar-refractivity contribution in [2.45, 2.75) is 46.1 Å². The van der Waals surface area contributed by atoms with Crippen LogP contribution in [0.2, 0.25) is 10.0 Å². The number of ether oxygens (including phenoxy) is 1. The number of urea groups is 1. The Morgan fingerprint density at radius 1 is 1.06 bits per heavy atom. The van der Waals surface area contributed by atoms with Gasteiger partial charge in [0.2, 0.25) is 0 Å². The number of amides is 3. The molecule has 1 aliphatic carbocycles. The average molecular weight is 463 g/mol. The van der Waals surface area contributed by atoms with Crippen LogP contribution < -0.4 is 15.4 Å². The molecule has 1 fully saturated rings. The smallest absolute Gasteiger partial charge is 0.326 e. The first kappa shape index (κ1) is 23.4. The van der Waals surface area contributed by atoms with Gasteiger partial charge in [-0.25, -0.2) is 4.79 Å². The molecule has 2 aromatic carbocycles. The normalized spacial score (nSPS) is 20.9. The minimum absolute atomic E-state index is 0.122. The number of carbonyl (C=O) groups excluding carboxylic acids is 2. The molecule has 2 aromatic rings. The highest BCUT2D eigenvalue weighted by Crippen LogP contribution is 2.38. The van der Waals surface area contributed by atoms with E-state index in [1.54, 1.807) is 42.5 Å². The van der Waals surface area contributed by atoms with Crippen LogP contribution in [0.4, 0.5) is 10.5 Å². The summed E-state index contributed by atoms with van der Waals surface area (Å²) in [7, 11) is 0. The van der Waals surface area contributed by atoms with Crippen molar-refractivity contribution in [3.05, 3.63) is 58.1 Å². The molecule has 31 heavy (non-hydrogen) atoms. The minimum Gasteiger partial charge on any atom is -0.489 e. The lowest BCUT2D eigenvalue weighted by atomic mass is 9.75. The lowest BCUT2D eigenvalue weighted by Gasteiger charge is -2.37. The van der Waals surface area contributed by atoms with E-state index in [-0.39, 0.29) is 16.7 Å². The first-order chi connectivity index (χ1) is 14.7. The van der Waals surface area contributed by atoms with Crippen molar-refractivity contribution in [1.29, 1.82) is 0 Å². The molecule has 0 saturated heterocycles. The molecular formula is C24H28Cl2N2O3. The van der Waals surface area contributed by atoms with Crippen LogP contribution in [0.15, 0.2) is 42.5 Å². The zero-order valence-electron chi connectivity index (χ0n) is 18.0. The van der Waals surface area contributed by atoms with Crippen molar-refractivity contribution in [3.63, 3.8) is 0 Å². The number of hydrogen-bond acceptors (Lipinski definition) is 3. The summed E-state index contributed by atoms with van der Waals surface area (Å²) >= 11 is 12.4. The molecule has 0 heterocycles. The van der Waals surface area contributed by atoms with Gasteiger partial charge in [0.05, 0.1) is 15.6 Å². The van der Waals surface area contributed by atoms with E-state index in [1.165, 1.54) is 6.42 Å². The summed E-state index contributed by atoms with van der Waals surface area (Å²) in [6, 6.07) is 10.9. The molecule has 166 valence electrons. The van der Waals surface area contributed by atoms with Crippen molar-refractivity contribution in [3.8, 4) is 5.75 Å². The number of anilines is 1. The summed E-state index contributed by atoms with van der Waals surface area (Å²) in [5.41, 5.74) is 0.682. The summed E-state index contributed by atoms with van der Waals surface area (Å²) in [6.45, 7) is 6.71. The van der Waals surface area contributed by atoms with Gasteiger partial charge in [-0.15, -0.1) is 0 Å². The largest absolute Gasteiger partial charge is 0.489 e. The van der Waals surface area contributed by atoms with Gasteiger partial charge in [-0.2, -0.15) is 0 Å². The molecule has 3 unspecified atom stereocenters. The minimum atomic E-state index is -0.671. The molecule has 3 amide bonds. The summed E-state index contributed by atoms with van der Waals surface area (Å²) in [5, 5.41) is 5.56. The molecule has 0 aromatic heterocycles. The van der Waals surface area contributed by atoms with Crippen LogP contribution in [0.3, 0.4) is 0 Å². The number of benzene rings is 2. The van der Waals surface area contributed by atoms with Gasteiger partial charge >= 0.3 is 6.03 Å². The van der Waals surface area contributed by atoms with E-state index in [9.17, 15) is 9.59 Å². The van der Waals surface area contributed by atoms with Crippen LogP contribution >= 0.6 is 23.2 Å². The maximum Gasteiger partial charge on any atom is 0.326 e. The fourth-order valence-electron chi connectivity index (χ4n) is 4.07. The van der Waals surface area contributed by atoms with Crippen molar-refractivity contribution >= 4 is 40.8 Å². The molecule has 0 spiro atoms. The topological polar surface area (TPSA) is 67.4 Å². The number of nitrogens with one attached hydrogen (secondary N) is 2. The predicted octanol–water partition coefficient (Wildman–Crippen LogP) is 6.79. The Balaban J connectivity index is 1.63. The third-order valence-corrected chi connectivity index (χ3v) is 6.40. The van der Waals surface area contributed by atoms with Gasteiger partial charge in [0.15, 0.2) is 0 Å². The van der Waals surface area contributed by atoms with Gasteiger partial charge in [0, 0.05) is 5.69 Å². The monoisotopic (exact) mass is 462 g/mol. The van der Waals surface area contributed by atoms with Crippen molar-refractivity contribution in [2.24, 2.45) is 17.8 Å². The highest BCUT2D eigenvalue weighted by molar-refractivity contribution is 6.34. The quantitative estimate of drug-likeness (QED) is 0.513. The van der Waals surface area contributed by atoms with Gasteiger partial charge in [-0.3, -0.25) is 10.1 Å². The van der Waals surface area contributed by atoms with Crippen molar-refractivity contribution < 1.29 is 14.3 Å². The molecular weight excluding hydrogens is 435 g/mol. The number of hydrogen-bond donors (Lipinski definition) is 2. The Hall–Kier alpha value is -2.24. The van der Waals surface area contributed by atoms with Gasteiger partial charge in [0.1, 0.15) is 11.9 Å². The average Bonchev–Trinajstić information content (AvgIpc) is 2.70. The first-order valence-electron chi connectivity index (χ1n) is 10.6. The Morgan fingerprint density at radius 3 is 2.48 bits per heavy atom. The Labute approximate surface area is 193 Å². The van der Waals surface area contributed by atoms with Crippen LogP contribution in [-0.2, 0) is 0 Å². The van der Waals surface area contributed by atoms with Gasteiger partial charge in [0.25, 0.3) is 5.91 Å². The van der Waals surface area contributed by atoms with E-state index >= 15 is 0 Å². The first-order valence-corrected chi connectivity index (χ1v) is 11.3. The summed E-state index contributed by atoms with van der Waals surface area (Å²) < 4.78 is 6.30. The van der Waals surface area contributed by atoms with Crippen molar-refractivity contribution in [2.75, 3.05) is 5.32 Å². The molecule has 0 bridgehead atoms. The van der Waals surface area contributed by atoms with Crippen LogP contribution in [-0.4, -0.2) is 18.0 Å². The number of halogens is 2. The Morgan fingerprint density at radius 2 is 1.81 bits per heavy atom. The highest BCUT2D eigenvalue weighted by Gasteiger charge is 2.32. The Kier molecular flexibility index (Phi) is 7.84. The maximum absolute atomic E-state index is 12.2. The van der Waals surface area contributed by atoms with Crippen LogP contribution in [0.1, 0.15) is 50.4 Å². The fourth-order valence-corrected chi connectivity index (χ4v) is 4.51. The molecule has 1 saturated carbocycles. The standard InChI is InChI=1S/C24H28Cl2N2O3/c1-14(2)17-10-8-15(3)12-22(17)31-21-11-9-16(13-20(21)26)27-24(30)28-23(29)18-6-4-5-7-19(18)25/h4-7,9,11,13-15,17,22H,8,10,12H2,1-3H3,(H2,27,28,29,30). The second-order valence-corrected chi connectivity index (χ2v) is 9.33. The van der Waals surface area contributed by atoms with Gasteiger partial charge < -0.3 is 10.1 Å². The van der Waals surface area contributed by atoms with E-state index in [2.05, 4.69) is 31.4 Å². The lowest BCUT2D eigenvalue weighted by Crippen LogP contribution is -2.36. The van der Waals surface area contributed by atoms with Crippen LogP contribution in [0.25, 0.3) is 0 Å². The third-order valence-electron chi connectivity index (χ3n) is 5.77. The number of carbonyl (C=O) groups is 2. The van der Waals surface area contributed by atoms with E-state index in [1.807, 2.05) is 0 Å². The third kappa shape index (κ3) is 6.14. The molecule has 0 radical (unpaired) electrons. The molecule has 2 N–H and O–H groups in total.